The van der Waals surface area contributed by atoms with Crippen molar-refractivity contribution in [1.82, 2.24) is 4.90 Å². The van der Waals surface area contributed by atoms with E-state index in [-0.39, 0.29) is 11.9 Å². The molecule has 0 amide bonds. The lowest BCUT2D eigenvalue weighted by atomic mass is 10.6. The van der Waals surface area contributed by atoms with Gasteiger partial charge in [0, 0.05) is 13.5 Å². The minimum Gasteiger partial charge on any atom is -0.440 e. The number of hydrogen-bond acceptors (Lipinski definition) is 4. The summed E-state index contributed by atoms with van der Waals surface area (Å²) >= 11 is 0. The van der Waals surface area contributed by atoms with Crippen molar-refractivity contribution in [3.05, 3.63) is 0 Å². The van der Waals surface area contributed by atoms with Crippen LogP contribution in [0, 0.1) is 0 Å². The molecule has 18 heavy (non-hydrogen) atoms. The summed E-state index contributed by atoms with van der Waals surface area (Å²) in [5.41, 5.74) is 0. The number of hydrogen-bond donors (Lipinski definition) is 0. The molecular weight excluding hydrogens is 246 g/mol. The van der Waals surface area contributed by atoms with Crippen LogP contribution in [0.2, 0.25) is 18.1 Å². The van der Waals surface area contributed by atoms with Gasteiger partial charge in [0.15, 0.2) is 5.91 Å². The Morgan fingerprint density at radius 2 is 1.67 bits per heavy atom. The second kappa shape index (κ2) is 8.66. The van der Waals surface area contributed by atoms with E-state index in [9.17, 15) is 4.79 Å². The van der Waals surface area contributed by atoms with Crippen LogP contribution in [0.3, 0.4) is 0 Å². The van der Waals surface area contributed by atoms with Crippen LogP contribution in [0.4, 0.5) is 0 Å². The minimum atomic E-state index is -1.67. The molecule has 0 N–H and O–H groups in total. The SMILES string of the molecule is CC[Si](CC)(CC)C(OCCN(C)C)OC(C)=O. The molecule has 1 unspecified atom stereocenters. The van der Waals surface area contributed by atoms with E-state index in [1.807, 2.05) is 14.1 Å². The smallest absolute Gasteiger partial charge is 0.304 e. The monoisotopic (exact) mass is 275 g/mol. The average molecular weight is 275 g/mol. The molecule has 0 aromatic rings. The Kier molecular flexibility index (Phi) is 8.48. The molecule has 0 heterocycles. The molecule has 0 fully saturated rings. The summed E-state index contributed by atoms with van der Waals surface area (Å²) in [7, 11) is 2.35. The third-order valence-corrected chi connectivity index (χ3v) is 9.20. The van der Waals surface area contributed by atoms with E-state index >= 15 is 0 Å². The highest BCUT2D eigenvalue weighted by Crippen LogP contribution is 2.27. The summed E-state index contributed by atoms with van der Waals surface area (Å²) in [6.07, 6.45) is 0. The molecule has 0 bridgehead atoms. The Morgan fingerprint density at radius 3 is 2.00 bits per heavy atom. The zero-order valence-corrected chi connectivity index (χ0v) is 13.8. The van der Waals surface area contributed by atoms with Gasteiger partial charge in [0.25, 0.3) is 0 Å². The van der Waals surface area contributed by atoms with Gasteiger partial charge in [-0.2, -0.15) is 0 Å². The Hall–Kier alpha value is -0.393. The molecular formula is C13H29NO3Si. The summed E-state index contributed by atoms with van der Waals surface area (Å²) in [5, 5.41) is 0. The number of carbonyl (C=O) groups excluding carboxylic acids is 1. The van der Waals surface area contributed by atoms with Crippen molar-refractivity contribution >= 4 is 14.0 Å². The van der Waals surface area contributed by atoms with E-state index in [0.29, 0.717) is 6.61 Å². The van der Waals surface area contributed by atoms with E-state index in [1.165, 1.54) is 6.92 Å². The van der Waals surface area contributed by atoms with Crippen LogP contribution in [0.1, 0.15) is 27.7 Å². The largest absolute Gasteiger partial charge is 0.440 e. The first-order valence-corrected chi connectivity index (χ1v) is 9.55. The van der Waals surface area contributed by atoms with Crippen molar-refractivity contribution in [2.75, 3.05) is 27.2 Å². The fourth-order valence-electron chi connectivity index (χ4n) is 2.08. The Bertz CT molecular complexity index is 234. The molecule has 0 spiro atoms. The standard InChI is InChI=1S/C13H29NO3Si/c1-7-18(8-2,9-3)13(17-12(4)15)16-11-10-14(5)6/h13H,7-11H2,1-6H3. The van der Waals surface area contributed by atoms with Gasteiger partial charge in [0.2, 0.25) is 0 Å². The normalized spacial score (nSPS) is 13.7. The Labute approximate surface area is 113 Å². The fourth-order valence-corrected chi connectivity index (χ4v) is 5.47. The molecule has 0 aromatic heterocycles. The van der Waals surface area contributed by atoms with Gasteiger partial charge in [-0.1, -0.05) is 38.9 Å². The molecule has 0 aromatic carbocycles. The average Bonchev–Trinajstić information content (AvgIpc) is 2.30. The van der Waals surface area contributed by atoms with Gasteiger partial charge < -0.3 is 14.4 Å². The quantitative estimate of drug-likeness (QED) is 0.368. The maximum atomic E-state index is 11.3. The van der Waals surface area contributed by atoms with Crippen LogP contribution in [-0.2, 0) is 14.3 Å². The summed E-state index contributed by atoms with van der Waals surface area (Å²) in [6.45, 7) is 9.47. The Balaban J connectivity index is 4.67. The van der Waals surface area contributed by atoms with E-state index in [0.717, 1.165) is 24.7 Å². The molecule has 0 saturated heterocycles. The van der Waals surface area contributed by atoms with Crippen molar-refractivity contribution in [3.8, 4) is 0 Å². The molecule has 0 radical (unpaired) electrons. The highest BCUT2D eigenvalue weighted by Gasteiger charge is 2.40. The second-order valence-corrected chi connectivity index (χ2v) is 10.4. The molecule has 5 heteroatoms. The van der Waals surface area contributed by atoms with E-state index in [4.69, 9.17) is 9.47 Å². The van der Waals surface area contributed by atoms with Gasteiger partial charge >= 0.3 is 5.97 Å². The highest BCUT2D eigenvalue weighted by molar-refractivity contribution is 6.80. The number of esters is 1. The number of rotatable bonds is 9. The van der Waals surface area contributed by atoms with Crippen molar-refractivity contribution < 1.29 is 14.3 Å². The molecule has 0 aliphatic heterocycles. The van der Waals surface area contributed by atoms with Crippen molar-refractivity contribution in [2.24, 2.45) is 0 Å². The fraction of sp³-hybridized carbons (Fsp3) is 0.923. The van der Waals surface area contributed by atoms with Crippen molar-refractivity contribution in [2.45, 2.75) is 51.7 Å². The summed E-state index contributed by atoms with van der Waals surface area (Å²) in [4.78, 5) is 13.3. The summed E-state index contributed by atoms with van der Waals surface area (Å²) in [6, 6.07) is 3.25. The van der Waals surface area contributed by atoms with Gasteiger partial charge in [-0.05, 0) is 14.1 Å². The second-order valence-electron chi connectivity index (χ2n) is 5.04. The first kappa shape index (κ1) is 17.6. The molecule has 0 aliphatic rings. The third-order valence-electron chi connectivity index (χ3n) is 3.69. The lowest BCUT2D eigenvalue weighted by Crippen LogP contribution is -2.50. The number of ether oxygens (including phenoxy) is 2. The number of likely N-dealkylation sites (N-methyl/N-ethyl adjacent to an activating group) is 1. The first-order chi connectivity index (χ1) is 8.41. The van der Waals surface area contributed by atoms with Crippen LogP contribution in [-0.4, -0.2) is 52.1 Å². The zero-order valence-electron chi connectivity index (χ0n) is 12.8. The third kappa shape index (κ3) is 5.50. The molecule has 4 nitrogen and oxygen atoms in total. The van der Waals surface area contributed by atoms with Gasteiger partial charge in [0.05, 0.1) is 6.61 Å². The van der Waals surface area contributed by atoms with Crippen molar-refractivity contribution in [3.63, 3.8) is 0 Å². The Morgan fingerprint density at radius 1 is 1.17 bits per heavy atom. The van der Waals surface area contributed by atoms with E-state index < -0.39 is 8.07 Å². The van der Waals surface area contributed by atoms with Crippen LogP contribution < -0.4 is 0 Å². The topological polar surface area (TPSA) is 38.8 Å². The number of carbonyl (C=O) groups is 1. The predicted octanol–water partition coefficient (Wildman–Crippen LogP) is 2.50. The zero-order chi connectivity index (χ0) is 14.2. The molecule has 0 saturated carbocycles. The van der Waals surface area contributed by atoms with Crippen LogP contribution in [0.15, 0.2) is 0 Å². The minimum absolute atomic E-state index is 0.239. The molecule has 0 aliphatic carbocycles. The van der Waals surface area contributed by atoms with Gasteiger partial charge in [-0.3, -0.25) is 4.79 Å². The highest BCUT2D eigenvalue weighted by atomic mass is 28.3. The number of nitrogens with zero attached hydrogens (tertiary/aromatic N) is 1. The van der Waals surface area contributed by atoms with E-state index in [1.54, 1.807) is 0 Å². The maximum absolute atomic E-state index is 11.3. The predicted molar refractivity (Wildman–Crippen MR) is 77.3 cm³/mol. The van der Waals surface area contributed by atoms with Gasteiger partial charge in [-0.15, -0.1) is 0 Å². The van der Waals surface area contributed by atoms with Gasteiger partial charge in [-0.25, -0.2) is 0 Å². The van der Waals surface area contributed by atoms with Crippen molar-refractivity contribution in [1.29, 1.82) is 0 Å². The van der Waals surface area contributed by atoms with Gasteiger partial charge in [0.1, 0.15) is 8.07 Å². The lowest BCUT2D eigenvalue weighted by Gasteiger charge is -2.35. The van der Waals surface area contributed by atoms with Crippen LogP contribution in [0.5, 0.6) is 0 Å². The summed E-state index contributed by atoms with van der Waals surface area (Å²) in [5.74, 6) is -0.535. The van der Waals surface area contributed by atoms with Crippen LogP contribution >= 0.6 is 0 Å². The van der Waals surface area contributed by atoms with E-state index in [2.05, 4.69) is 25.7 Å². The molecule has 0 rings (SSSR count). The van der Waals surface area contributed by atoms with Crippen LogP contribution in [0.25, 0.3) is 0 Å². The molecule has 1 atom stereocenters. The summed E-state index contributed by atoms with van der Waals surface area (Å²) < 4.78 is 11.3. The molecule has 108 valence electrons. The first-order valence-electron chi connectivity index (χ1n) is 6.85. The maximum Gasteiger partial charge on any atom is 0.304 e. The lowest BCUT2D eigenvalue weighted by molar-refractivity contribution is -0.162.